The van der Waals surface area contributed by atoms with E-state index in [0.717, 1.165) is 22.0 Å². The van der Waals surface area contributed by atoms with Gasteiger partial charge in [0.1, 0.15) is 0 Å². The molecule has 8 heteroatoms. The lowest BCUT2D eigenvalue weighted by atomic mass is 10.1. The van der Waals surface area contributed by atoms with Crippen LogP contribution in [0.3, 0.4) is 0 Å². The van der Waals surface area contributed by atoms with Gasteiger partial charge in [-0.15, -0.1) is 0 Å². The first-order valence-corrected chi connectivity index (χ1v) is 8.54. The van der Waals surface area contributed by atoms with E-state index in [0.29, 0.717) is 17.3 Å². The first-order chi connectivity index (χ1) is 13.8. The lowest BCUT2D eigenvalue weighted by Crippen LogP contribution is -2.17. The van der Waals surface area contributed by atoms with Crippen molar-refractivity contribution in [3.05, 3.63) is 66.0 Å². The fraction of sp³-hybridized carbons (Fsp3) is 0.0500. The summed E-state index contributed by atoms with van der Waals surface area (Å²) in [5, 5.41) is 8.79. The number of fused-ring (bicyclic) bond motifs is 2. The largest absolute Gasteiger partial charge is 0.454 e. The predicted molar refractivity (Wildman–Crippen MR) is 101 cm³/mol. The van der Waals surface area contributed by atoms with E-state index in [4.69, 9.17) is 14.0 Å². The standard InChI is InChI=1S/C20H14N4O4/c25-20(23-22-9-12-5-6-17-19(7-12)27-11-26-17)16-8-18(28-24-16)14-10-21-15-4-2-1-3-13(14)15/h1-10,21H,11H2,(H,23,25)/b22-9-. The fourth-order valence-corrected chi connectivity index (χ4v) is 3.00. The van der Waals surface area contributed by atoms with Gasteiger partial charge >= 0.3 is 0 Å². The molecule has 0 saturated carbocycles. The highest BCUT2D eigenvalue weighted by Crippen LogP contribution is 2.32. The number of hydrazone groups is 1. The van der Waals surface area contributed by atoms with Crippen LogP contribution in [-0.4, -0.2) is 29.1 Å². The van der Waals surface area contributed by atoms with Crippen molar-refractivity contribution in [2.75, 3.05) is 6.79 Å². The van der Waals surface area contributed by atoms with E-state index < -0.39 is 5.91 Å². The molecule has 0 unspecified atom stereocenters. The summed E-state index contributed by atoms with van der Waals surface area (Å²) in [7, 11) is 0. The topological polar surface area (TPSA) is 102 Å². The first-order valence-electron chi connectivity index (χ1n) is 8.54. The number of rotatable bonds is 4. The first kappa shape index (κ1) is 16.1. The zero-order valence-electron chi connectivity index (χ0n) is 14.5. The number of amides is 1. The average Bonchev–Trinajstić information content (AvgIpc) is 3.45. The maximum atomic E-state index is 12.3. The molecule has 0 spiro atoms. The van der Waals surface area contributed by atoms with Crippen molar-refractivity contribution in [2.45, 2.75) is 0 Å². The van der Waals surface area contributed by atoms with E-state index in [1.54, 1.807) is 18.2 Å². The number of hydrogen-bond donors (Lipinski definition) is 2. The lowest BCUT2D eigenvalue weighted by molar-refractivity contribution is 0.0946. The molecule has 4 aromatic rings. The Hall–Kier alpha value is -4.07. The van der Waals surface area contributed by atoms with Gasteiger partial charge in [0, 0.05) is 28.7 Å². The Kier molecular flexibility index (Phi) is 3.79. The van der Waals surface area contributed by atoms with Gasteiger partial charge in [0.25, 0.3) is 5.91 Å². The molecule has 0 atom stereocenters. The van der Waals surface area contributed by atoms with Crippen LogP contribution in [0.15, 0.2) is 64.4 Å². The molecule has 3 heterocycles. The monoisotopic (exact) mass is 374 g/mol. The maximum absolute atomic E-state index is 12.3. The van der Waals surface area contributed by atoms with Crippen LogP contribution < -0.4 is 14.9 Å². The minimum absolute atomic E-state index is 0.142. The number of ether oxygens (including phenoxy) is 2. The number of aromatic nitrogens is 2. The van der Waals surface area contributed by atoms with Crippen molar-refractivity contribution in [2.24, 2.45) is 5.10 Å². The molecule has 0 aliphatic carbocycles. The number of nitrogens with zero attached hydrogens (tertiary/aromatic N) is 2. The number of aromatic amines is 1. The fourth-order valence-electron chi connectivity index (χ4n) is 3.00. The van der Waals surface area contributed by atoms with Gasteiger partial charge in [-0.2, -0.15) is 5.10 Å². The molecular weight excluding hydrogens is 360 g/mol. The van der Waals surface area contributed by atoms with Crippen molar-refractivity contribution in [3.63, 3.8) is 0 Å². The second-order valence-corrected chi connectivity index (χ2v) is 6.14. The molecule has 2 aromatic carbocycles. The van der Waals surface area contributed by atoms with Crippen LogP contribution in [-0.2, 0) is 0 Å². The van der Waals surface area contributed by atoms with Gasteiger partial charge in [-0.25, -0.2) is 5.43 Å². The summed E-state index contributed by atoms with van der Waals surface area (Å²) in [6.45, 7) is 0.206. The second kappa shape index (κ2) is 6.58. The zero-order valence-corrected chi connectivity index (χ0v) is 14.5. The Balaban J connectivity index is 1.30. The van der Waals surface area contributed by atoms with Crippen molar-refractivity contribution < 1.29 is 18.8 Å². The number of H-pyrrole nitrogens is 1. The summed E-state index contributed by atoms with van der Waals surface area (Å²) >= 11 is 0. The molecular formula is C20H14N4O4. The molecule has 0 bridgehead atoms. The van der Waals surface area contributed by atoms with Crippen LogP contribution in [0.5, 0.6) is 11.5 Å². The van der Waals surface area contributed by atoms with Crippen molar-refractivity contribution >= 4 is 23.0 Å². The normalized spacial score (nSPS) is 12.7. The maximum Gasteiger partial charge on any atom is 0.293 e. The van der Waals surface area contributed by atoms with Crippen LogP contribution in [0.1, 0.15) is 16.1 Å². The van der Waals surface area contributed by atoms with Crippen molar-refractivity contribution in [3.8, 4) is 22.8 Å². The Morgan fingerprint density at radius 3 is 3.00 bits per heavy atom. The molecule has 138 valence electrons. The zero-order chi connectivity index (χ0) is 18.9. The lowest BCUT2D eigenvalue weighted by Gasteiger charge is -1.97. The molecule has 0 fully saturated rings. The van der Waals surface area contributed by atoms with E-state index in [2.05, 4.69) is 20.7 Å². The highest BCUT2D eigenvalue weighted by atomic mass is 16.7. The van der Waals surface area contributed by atoms with Crippen molar-refractivity contribution in [1.29, 1.82) is 0 Å². The Labute approximate surface area is 158 Å². The van der Waals surface area contributed by atoms with Gasteiger partial charge in [0.15, 0.2) is 23.0 Å². The third-order valence-corrected chi connectivity index (χ3v) is 4.37. The molecule has 1 aliphatic rings. The number of hydrogen-bond acceptors (Lipinski definition) is 6. The summed E-state index contributed by atoms with van der Waals surface area (Å²) in [5.74, 6) is 1.37. The van der Waals surface area contributed by atoms with Gasteiger partial charge in [0.2, 0.25) is 6.79 Å². The summed E-state index contributed by atoms with van der Waals surface area (Å²) in [6, 6.07) is 14.8. The summed E-state index contributed by atoms with van der Waals surface area (Å²) in [6.07, 6.45) is 3.34. The number of carbonyl (C=O) groups excluding carboxylic acids is 1. The highest BCUT2D eigenvalue weighted by molar-refractivity contribution is 5.97. The smallest absolute Gasteiger partial charge is 0.293 e. The van der Waals surface area contributed by atoms with Crippen LogP contribution in [0.2, 0.25) is 0 Å². The van der Waals surface area contributed by atoms with E-state index in [9.17, 15) is 4.79 Å². The summed E-state index contributed by atoms with van der Waals surface area (Å²) in [4.78, 5) is 15.4. The van der Waals surface area contributed by atoms with Gasteiger partial charge in [-0.1, -0.05) is 23.4 Å². The second-order valence-electron chi connectivity index (χ2n) is 6.14. The molecule has 5 rings (SSSR count). The predicted octanol–water partition coefficient (Wildman–Crippen LogP) is 3.32. The van der Waals surface area contributed by atoms with Crippen LogP contribution in [0.4, 0.5) is 0 Å². The third-order valence-electron chi connectivity index (χ3n) is 4.37. The summed E-state index contributed by atoms with van der Waals surface area (Å²) < 4.78 is 15.9. The van der Waals surface area contributed by atoms with E-state index in [1.807, 2.05) is 36.5 Å². The SMILES string of the molecule is O=C(N/N=C\c1ccc2c(c1)OCO2)c1cc(-c2c[nH]c3ccccc23)on1. The average molecular weight is 374 g/mol. The quantitative estimate of drug-likeness (QED) is 0.421. The molecule has 1 aliphatic heterocycles. The molecule has 2 N–H and O–H groups in total. The van der Waals surface area contributed by atoms with Gasteiger partial charge in [-0.3, -0.25) is 4.79 Å². The van der Waals surface area contributed by atoms with Gasteiger partial charge in [-0.05, 0) is 29.8 Å². The van der Waals surface area contributed by atoms with Gasteiger partial charge < -0.3 is 19.0 Å². The minimum atomic E-state index is -0.466. The molecule has 2 aromatic heterocycles. The van der Waals surface area contributed by atoms with Crippen molar-refractivity contribution in [1.82, 2.24) is 15.6 Å². The van der Waals surface area contributed by atoms with E-state index >= 15 is 0 Å². The number of benzene rings is 2. The molecule has 0 radical (unpaired) electrons. The molecule has 28 heavy (non-hydrogen) atoms. The number of para-hydroxylation sites is 1. The van der Waals surface area contributed by atoms with E-state index in [-0.39, 0.29) is 12.5 Å². The van der Waals surface area contributed by atoms with E-state index in [1.165, 1.54) is 6.21 Å². The Bertz CT molecular complexity index is 1210. The van der Waals surface area contributed by atoms with Crippen LogP contribution in [0.25, 0.3) is 22.2 Å². The Morgan fingerprint density at radius 2 is 2.04 bits per heavy atom. The molecule has 0 saturated heterocycles. The van der Waals surface area contributed by atoms with Crippen LogP contribution >= 0.6 is 0 Å². The molecule has 1 amide bonds. The molecule has 8 nitrogen and oxygen atoms in total. The summed E-state index contributed by atoms with van der Waals surface area (Å²) in [5.41, 5.74) is 5.17. The Morgan fingerprint density at radius 1 is 1.14 bits per heavy atom. The van der Waals surface area contributed by atoms with Crippen LogP contribution in [0, 0.1) is 0 Å². The minimum Gasteiger partial charge on any atom is -0.454 e. The number of nitrogens with one attached hydrogen (secondary N) is 2. The highest BCUT2D eigenvalue weighted by Gasteiger charge is 2.16. The number of carbonyl (C=O) groups is 1. The third kappa shape index (κ3) is 2.86. The van der Waals surface area contributed by atoms with Gasteiger partial charge in [0.05, 0.1) is 6.21 Å².